The second-order valence-corrected chi connectivity index (χ2v) is 8.18. The Labute approximate surface area is 135 Å². The third kappa shape index (κ3) is 3.63. The highest BCUT2D eigenvalue weighted by Gasteiger charge is 2.35. The van der Waals surface area contributed by atoms with E-state index in [4.69, 9.17) is 0 Å². The normalized spacial score (nSPS) is 23.8. The third-order valence-electron chi connectivity index (χ3n) is 4.54. The van der Waals surface area contributed by atoms with E-state index in [0.29, 0.717) is 5.69 Å². The van der Waals surface area contributed by atoms with Crippen molar-refractivity contribution in [1.82, 2.24) is 0 Å². The topological polar surface area (TPSA) is 54.5 Å². The molecule has 4 nitrogen and oxygen atoms in total. The molecule has 23 heavy (non-hydrogen) atoms. The third-order valence-corrected chi connectivity index (χ3v) is 5.92. The number of sulfone groups is 1. The van der Waals surface area contributed by atoms with E-state index in [1.165, 1.54) is 34.6 Å². The Balaban J connectivity index is 1.91. The lowest BCUT2D eigenvalue weighted by atomic mass is 9.88. The second-order valence-electron chi connectivity index (χ2n) is 6.24. The van der Waals surface area contributed by atoms with Gasteiger partial charge in [0.1, 0.15) is 5.82 Å². The average molecular weight is 337 g/mol. The number of nitrogens with zero attached hydrogens (tertiary/aromatic N) is 1. The minimum Gasteiger partial charge on any atom is -0.304 e. The number of amides is 1. The van der Waals surface area contributed by atoms with Crippen molar-refractivity contribution in [3.05, 3.63) is 41.6 Å². The van der Waals surface area contributed by atoms with Crippen LogP contribution >= 0.6 is 0 Å². The number of hydrogen-bond donors (Lipinski definition) is 0. The van der Waals surface area contributed by atoms with Crippen LogP contribution in [0, 0.1) is 11.7 Å². The lowest BCUT2D eigenvalue weighted by Gasteiger charge is -2.32. The number of halogens is 1. The van der Waals surface area contributed by atoms with E-state index >= 15 is 0 Å². The van der Waals surface area contributed by atoms with E-state index in [1.807, 2.05) is 0 Å². The summed E-state index contributed by atoms with van der Waals surface area (Å²) < 4.78 is 36.7. The van der Waals surface area contributed by atoms with Crippen LogP contribution in [0.1, 0.15) is 32.1 Å². The van der Waals surface area contributed by atoms with Crippen molar-refractivity contribution < 1.29 is 17.6 Å². The summed E-state index contributed by atoms with van der Waals surface area (Å²) in [4.78, 5) is 14.5. The molecule has 0 spiro atoms. The van der Waals surface area contributed by atoms with Crippen molar-refractivity contribution in [2.75, 3.05) is 10.7 Å². The van der Waals surface area contributed by atoms with Crippen LogP contribution in [0.15, 0.2) is 35.7 Å². The van der Waals surface area contributed by atoms with Gasteiger partial charge in [-0.15, -0.1) is 0 Å². The molecule has 1 saturated carbocycles. The molecule has 1 aliphatic carbocycles. The van der Waals surface area contributed by atoms with E-state index in [2.05, 4.69) is 0 Å². The number of anilines is 1. The van der Waals surface area contributed by atoms with Crippen molar-refractivity contribution in [2.45, 2.75) is 38.1 Å². The molecule has 0 bridgehead atoms. The SMILES string of the molecule is O=C(C1CCCCC1)N(c1ccc(F)cc1)[C@@H]1C=CS(=O)(=O)C1. The summed E-state index contributed by atoms with van der Waals surface area (Å²) in [6, 6.07) is 5.15. The molecule has 0 unspecified atom stereocenters. The lowest BCUT2D eigenvalue weighted by Crippen LogP contribution is -2.45. The summed E-state index contributed by atoms with van der Waals surface area (Å²) in [7, 11) is -3.27. The first-order chi connectivity index (χ1) is 11.0. The van der Waals surface area contributed by atoms with Gasteiger partial charge in [0.05, 0.1) is 11.8 Å². The highest BCUT2D eigenvalue weighted by atomic mass is 32.2. The fraction of sp³-hybridized carbons (Fsp3) is 0.471. The van der Waals surface area contributed by atoms with Gasteiger partial charge < -0.3 is 4.90 Å². The minimum absolute atomic E-state index is 0.0527. The summed E-state index contributed by atoms with van der Waals surface area (Å²) >= 11 is 0. The maximum Gasteiger partial charge on any atom is 0.230 e. The van der Waals surface area contributed by atoms with Crippen molar-refractivity contribution in [2.24, 2.45) is 5.92 Å². The molecule has 1 atom stereocenters. The van der Waals surface area contributed by atoms with Gasteiger partial charge in [0, 0.05) is 17.0 Å². The van der Waals surface area contributed by atoms with E-state index < -0.39 is 15.9 Å². The number of carbonyl (C=O) groups excluding carboxylic acids is 1. The number of rotatable bonds is 3. The predicted octanol–water partition coefficient (Wildman–Crippen LogP) is 3.05. The van der Waals surface area contributed by atoms with Crippen LogP contribution in [0.5, 0.6) is 0 Å². The van der Waals surface area contributed by atoms with Gasteiger partial charge in [-0.1, -0.05) is 19.3 Å². The van der Waals surface area contributed by atoms with Crippen LogP contribution in [-0.4, -0.2) is 26.1 Å². The maximum atomic E-state index is 13.2. The molecule has 1 aromatic carbocycles. The first kappa shape index (κ1) is 16.2. The van der Waals surface area contributed by atoms with Crippen LogP contribution in [0.3, 0.4) is 0 Å². The van der Waals surface area contributed by atoms with Gasteiger partial charge in [-0.3, -0.25) is 4.79 Å². The highest BCUT2D eigenvalue weighted by Crippen LogP contribution is 2.30. The van der Waals surface area contributed by atoms with Crippen LogP contribution in [0.25, 0.3) is 0 Å². The van der Waals surface area contributed by atoms with Crippen molar-refractivity contribution in [3.8, 4) is 0 Å². The monoisotopic (exact) mass is 337 g/mol. The first-order valence-electron chi connectivity index (χ1n) is 7.96. The fourth-order valence-electron chi connectivity index (χ4n) is 3.35. The summed E-state index contributed by atoms with van der Waals surface area (Å²) in [5.41, 5.74) is 0.550. The maximum absolute atomic E-state index is 13.2. The van der Waals surface area contributed by atoms with E-state index in [0.717, 1.165) is 32.1 Å². The largest absolute Gasteiger partial charge is 0.304 e. The molecule has 0 saturated heterocycles. The standard InChI is InChI=1S/C17H20FNO3S/c18-14-6-8-15(9-7-14)19(16-10-11-23(21,22)12-16)17(20)13-4-2-1-3-5-13/h6-11,13,16H,1-5,12H2/t16-/m1/s1. The highest BCUT2D eigenvalue weighted by molar-refractivity contribution is 7.94. The molecule has 0 radical (unpaired) electrons. The van der Waals surface area contributed by atoms with E-state index in [1.54, 1.807) is 6.08 Å². The fourth-order valence-corrected chi connectivity index (χ4v) is 4.62. The Kier molecular flexibility index (Phi) is 4.53. The van der Waals surface area contributed by atoms with Crippen LogP contribution in [0.2, 0.25) is 0 Å². The summed E-state index contributed by atoms with van der Waals surface area (Å²) in [5.74, 6) is -0.620. The molecule has 124 valence electrons. The molecule has 1 aromatic rings. The lowest BCUT2D eigenvalue weighted by molar-refractivity contribution is -0.123. The predicted molar refractivity (Wildman–Crippen MR) is 87.2 cm³/mol. The number of benzene rings is 1. The Hall–Kier alpha value is -1.69. The molecule has 2 aliphatic rings. The Morgan fingerprint density at radius 2 is 1.74 bits per heavy atom. The molecular formula is C17H20FNO3S. The zero-order chi connectivity index (χ0) is 16.4. The van der Waals surface area contributed by atoms with Gasteiger partial charge in [0.15, 0.2) is 9.84 Å². The zero-order valence-electron chi connectivity index (χ0n) is 12.8. The van der Waals surface area contributed by atoms with Gasteiger partial charge >= 0.3 is 0 Å². The summed E-state index contributed by atoms with van der Waals surface area (Å²) in [6.07, 6.45) is 6.40. The molecule has 0 N–H and O–H groups in total. The molecule has 1 amide bonds. The average Bonchev–Trinajstić information content (AvgIpc) is 2.90. The van der Waals surface area contributed by atoms with E-state index in [-0.39, 0.29) is 23.4 Å². The molecule has 3 rings (SSSR count). The molecule has 6 heteroatoms. The smallest absolute Gasteiger partial charge is 0.230 e. The molecule has 1 aliphatic heterocycles. The number of hydrogen-bond acceptors (Lipinski definition) is 3. The number of carbonyl (C=O) groups is 1. The van der Waals surface area contributed by atoms with Gasteiger partial charge in [-0.2, -0.15) is 0 Å². The molecule has 1 heterocycles. The minimum atomic E-state index is -3.27. The quantitative estimate of drug-likeness (QED) is 0.852. The first-order valence-corrected chi connectivity index (χ1v) is 9.67. The van der Waals surface area contributed by atoms with Crippen LogP contribution in [-0.2, 0) is 14.6 Å². The molecule has 1 fully saturated rings. The zero-order valence-corrected chi connectivity index (χ0v) is 13.6. The van der Waals surface area contributed by atoms with Gasteiger partial charge in [-0.05, 0) is 43.2 Å². The molecular weight excluding hydrogens is 317 g/mol. The van der Waals surface area contributed by atoms with Gasteiger partial charge in [0.2, 0.25) is 5.91 Å². The Morgan fingerprint density at radius 1 is 1.09 bits per heavy atom. The molecule has 0 aromatic heterocycles. The van der Waals surface area contributed by atoms with Crippen molar-refractivity contribution in [1.29, 1.82) is 0 Å². The Bertz CT molecular complexity index is 706. The summed E-state index contributed by atoms with van der Waals surface area (Å²) in [5, 5.41) is 1.17. The van der Waals surface area contributed by atoms with Gasteiger partial charge in [0.25, 0.3) is 0 Å². The summed E-state index contributed by atoms with van der Waals surface area (Å²) in [6.45, 7) is 0. The Morgan fingerprint density at radius 3 is 2.30 bits per heavy atom. The van der Waals surface area contributed by atoms with Crippen LogP contribution < -0.4 is 4.90 Å². The van der Waals surface area contributed by atoms with Crippen LogP contribution in [0.4, 0.5) is 10.1 Å². The van der Waals surface area contributed by atoms with Crippen molar-refractivity contribution >= 4 is 21.4 Å². The second kappa shape index (κ2) is 6.43. The van der Waals surface area contributed by atoms with Gasteiger partial charge in [-0.25, -0.2) is 12.8 Å². The van der Waals surface area contributed by atoms with E-state index in [9.17, 15) is 17.6 Å². The van der Waals surface area contributed by atoms with Crippen molar-refractivity contribution in [3.63, 3.8) is 0 Å².